The molecule has 0 aromatic carbocycles. The fraction of sp³-hybridized carbons (Fsp3) is 0.385. The first kappa shape index (κ1) is 13.4. The van der Waals surface area contributed by atoms with Crippen molar-refractivity contribution in [2.75, 3.05) is 20.6 Å². The number of hydrogen-bond donors (Lipinski definition) is 0. The molecule has 0 aliphatic carbocycles. The number of aromatic nitrogens is 4. The Labute approximate surface area is 112 Å². The zero-order valence-corrected chi connectivity index (χ0v) is 11.4. The van der Waals surface area contributed by atoms with Crippen molar-refractivity contribution in [2.24, 2.45) is 0 Å². The number of Topliss-reactive ketones (excluding diaryl/α,β-unsaturated/α-hetero) is 1. The largest absolute Gasteiger partial charge is 0.309 e. The number of rotatable bonds is 5. The zero-order valence-electron chi connectivity index (χ0n) is 11.4. The molecular weight excluding hydrogens is 242 g/mol. The highest BCUT2D eigenvalue weighted by atomic mass is 16.1. The first-order valence-corrected chi connectivity index (χ1v) is 6.09. The van der Waals surface area contributed by atoms with Crippen LogP contribution in [0, 0.1) is 6.92 Å². The van der Waals surface area contributed by atoms with Crippen molar-refractivity contribution >= 4 is 5.78 Å². The molecule has 0 amide bonds. The molecule has 0 aliphatic rings. The Hall–Kier alpha value is -2.08. The van der Waals surface area contributed by atoms with Crippen LogP contribution in [0.2, 0.25) is 0 Å². The third-order valence-electron chi connectivity index (χ3n) is 2.84. The van der Waals surface area contributed by atoms with Gasteiger partial charge in [0, 0.05) is 25.4 Å². The van der Waals surface area contributed by atoms with Crippen molar-refractivity contribution < 1.29 is 4.79 Å². The molecule has 0 N–H and O–H groups in total. The van der Waals surface area contributed by atoms with Crippen LogP contribution in [0.15, 0.2) is 24.7 Å². The molecule has 2 heterocycles. The molecule has 19 heavy (non-hydrogen) atoms. The highest BCUT2D eigenvalue weighted by Gasteiger charge is 2.15. The fourth-order valence-corrected chi connectivity index (χ4v) is 1.75. The van der Waals surface area contributed by atoms with Crippen LogP contribution in [0.5, 0.6) is 0 Å². The highest BCUT2D eigenvalue weighted by molar-refractivity contribution is 5.97. The molecule has 100 valence electrons. The lowest BCUT2D eigenvalue weighted by Gasteiger charge is -2.08. The maximum Gasteiger partial charge on any atom is 0.250 e. The van der Waals surface area contributed by atoms with Gasteiger partial charge in [-0.15, -0.1) is 0 Å². The minimum absolute atomic E-state index is 0.0911. The molecule has 0 spiro atoms. The van der Waals surface area contributed by atoms with Crippen molar-refractivity contribution in [3.63, 3.8) is 0 Å². The van der Waals surface area contributed by atoms with Crippen LogP contribution in [-0.4, -0.2) is 51.1 Å². The van der Waals surface area contributed by atoms with E-state index in [-0.39, 0.29) is 5.78 Å². The second kappa shape index (κ2) is 5.71. The second-order valence-electron chi connectivity index (χ2n) is 4.58. The number of carbonyl (C=O) groups is 1. The molecule has 0 saturated heterocycles. The second-order valence-corrected chi connectivity index (χ2v) is 4.58. The quantitative estimate of drug-likeness (QED) is 0.752. The Balaban J connectivity index is 2.21. The number of hydrogen-bond acceptors (Lipinski definition) is 5. The molecule has 0 aliphatic heterocycles. The summed E-state index contributed by atoms with van der Waals surface area (Å²) in [5.74, 6) is 0.569. The molecule has 0 saturated carbocycles. The molecule has 6 nitrogen and oxygen atoms in total. The van der Waals surface area contributed by atoms with E-state index < -0.39 is 0 Å². The predicted molar refractivity (Wildman–Crippen MR) is 71.4 cm³/mol. The number of carbonyl (C=O) groups excluding carboxylic acids is 1. The van der Waals surface area contributed by atoms with Crippen LogP contribution < -0.4 is 0 Å². The monoisotopic (exact) mass is 259 g/mol. The lowest BCUT2D eigenvalue weighted by Crippen LogP contribution is -2.17. The van der Waals surface area contributed by atoms with E-state index in [4.69, 9.17) is 0 Å². The summed E-state index contributed by atoms with van der Waals surface area (Å²) in [6.07, 6.45) is 5.37. The number of ketones is 1. The van der Waals surface area contributed by atoms with E-state index in [9.17, 15) is 4.79 Å². The summed E-state index contributed by atoms with van der Waals surface area (Å²) in [6, 6.07) is 1.74. The molecule has 0 radical (unpaired) electrons. The lowest BCUT2D eigenvalue weighted by molar-refractivity contribution is 0.0972. The van der Waals surface area contributed by atoms with Crippen LogP contribution in [0.25, 0.3) is 5.95 Å². The summed E-state index contributed by atoms with van der Waals surface area (Å²) in [7, 11) is 3.89. The van der Waals surface area contributed by atoms with Crippen LogP contribution in [0.1, 0.15) is 22.5 Å². The average Bonchev–Trinajstić information content (AvgIpc) is 2.79. The van der Waals surface area contributed by atoms with E-state index in [1.165, 1.54) is 0 Å². The SMILES string of the molecule is Cc1c(C(=O)CCN(C)C)cnn1-c1ncccn1. The van der Waals surface area contributed by atoms with Crippen molar-refractivity contribution in [1.29, 1.82) is 0 Å². The van der Waals surface area contributed by atoms with Gasteiger partial charge >= 0.3 is 0 Å². The minimum Gasteiger partial charge on any atom is -0.309 e. The maximum atomic E-state index is 12.1. The Morgan fingerprint density at radius 3 is 2.63 bits per heavy atom. The molecule has 0 unspecified atom stereocenters. The molecule has 2 rings (SSSR count). The third kappa shape index (κ3) is 3.03. The maximum absolute atomic E-state index is 12.1. The van der Waals surface area contributed by atoms with Gasteiger partial charge in [-0.25, -0.2) is 14.6 Å². The van der Waals surface area contributed by atoms with Crippen molar-refractivity contribution in [2.45, 2.75) is 13.3 Å². The van der Waals surface area contributed by atoms with Crippen molar-refractivity contribution in [1.82, 2.24) is 24.6 Å². The first-order valence-electron chi connectivity index (χ1n) is 6.09. The van der Waals surface area contributed by atoms with Crippen molar-refractivity contribution in [3.8, 4) is 5.95 Å². The summed E-state index contributed by atoms with van der Waals surface area (Å²) in [4.78, 5) is 22.3. The Morgan fingerprint density at radius 1 is 1.32 bits per heavy atom. The van der Waals surface area contributed by atoms with Gasteiger partial charge in [0.15, 0.2) is 5.78 Å². The molecule has 0 fully saturated rings. The summed E-state index contributed by atoms with van der Waals surface area (Å²) >= 11 is 0. The summed E-state index contributed by atoms with van der Waals surface area (Å²) in [5.41, 5.74) is 1.41. The van der Waals surface area contributed by atoms with Gasteiger partial charge in [-0.3, -0.25) is 4.79 Å². The highest BCUT2D eigenvalue weighted by Crippen LogP contribution is 2.12. The van der Waals surface area contributed by atoms with Gasteiger partial charge < -0.3 is 4.90 Å². The molecule has 0 bridgehead atoms. The van der Waals surface area contributed by atoms with E-state index in [2.05, 4.69) is 15.1 Å². The standard InChI is InChI=1S/C13H17N5O/c1-10-11(12(19)5-8-17(2)3)9-16-18(10)13-14-6-4-7-15-13/h4,6-7,9H,5,8H2,1-3H3. The van der Waals surface area contributed by atoms with Crippen LogP contribution in [0.4, 0.5) is 0 Å². The average molecular weight is 259 g/mol. The minimum atomic E-state index is 0.0911. The Morgan fingerprint density at radius 2 is 2.00 bits per heavy atom. The molecule has 2 aromatic heterocycles. The van der Waals surface area contributed by atoms with Crippen LogP contribution in [0.3, 0.4) is 0 Å². The normalized spacial score (nSPS) is 10.9. The van der Waals surface area contributed by atoms with E-state index >= 15 is 0 Å². The van der Waals surface area contributed by atoms with Crippen molar-refractivity contribution in [3.05, 3.63) is 35.9 Å². The zero-order chi connectivity index (χ0) is 13.8. The Kier molecular flexibility index (Phi) is 4.01. The smallest absolute Gasteiger partial charge is 0.250 e. The van der Waals surface area contributed by atoms with E-state index in [1.807, 2.05) is 25.9 Å². The van der Waals surface area contributed by atoms with E-state index in [1.54, 1.807) is 29.3 Å². The molecule has 2 aromatic rings. The van der Waals surface area contributed by atoms with Gasteiger partial charge in [-0.1, -0.05) is 0 Å². The van der Waals surface area contributed by atoms with Crippen LogP contribution >= 0.6 is 0 Å². The van der Waals surface area contributed by atoms with Gasteiger partial charge in [-0.2, -0.15) is 5.10 Å². The molecular formula is C13H17N5O. The topological polar surface area (TPSA) is 63.9 Å². The third-order valence-corrected chi connectivity index (χ3v) is 2.84. The lowest BCUT2D eigenvalue weighted by atomic mass is 10.1. The molecule has 0 atom stereocenters. The molecule has 6 heteroatoms. The van der Waals surface area contributed by atoms with E-state index in [0.29, 0.717) is 17.9 Å². The number of nitrogens with zero attached hydrogens (tertiary/aromatic N) is 5. The van der Waals surface area contributed by atoms with Gasteiger partial charge in [0.25, 0.3) is 5.95 Å². The fourth-order valence-electron chi connectivity index (χ4n) is 1.75. The predicted octanol–water partition coefficient (Wildman–Crippen LogP) is 1.11. The van der Waals surface area contributed by atoms with E-state index in [0.717, 1.165) is 12.2 Å². The first-order chi connectivity index (χ1) is 9.09. The summed E-state index contributed by atoms with van der Waals surface area (Å²) in [6.45, 7) is 2.58. The van der Waals surface area contributed by atoms with Gasteiger partial charge in [0.1, 0.15) is 0 Å². The van der Waals surface area contributed by atoms with Gasteiger partial charge in [0.05, 0.1) is 17.5 Å². The van der Waals surface area contributed by atoms with Gasteiger partial charge in [-0.05, 0) is 27.1 Å². The van der Waals surface area contributed by atoms with Gasteiger partial charge in [0.2, 0.25) is 0 Å². The van der Waals surface area contributed by atoms with Crippen LogP contribution in [-0.2, 0) is 0 Å². The Bertz CT molecular complexity index is 562. The summed E-state index contributed by atoms with van der Waals surface area (Å²) in [5, 5.41) is 4.19. The summed E-state index contributed by atoms with van der Waals surface area (Å²) < 4.78 is 1.59.